The Labute approximate surface area is 192 Å². The summed E-state index contributed by atoms with van der Waals surface area (Å²) in [6.45, 7) is 2.20. The van der Waals surface area contributed by atoms with Crippen molar-refractivity contribution in [3.63, 3.8) is 0 Å². The zero-order valence-electron chi connectivity index (χ0n) is 17.8. The molecule has 0 bridgehead atoms. The molecule has 6 nitrogen and oxygen atoms in total. The first-order valence-electron chi connectivity index (χ1n) is 10.6. The highest BCUT2D eigenvalue weighted by atomic mass is 32.2. The number of ether oxygens (including phenoxy) is 1. The van der Waals surface area contributed by atoms with Crippen molar-refractivity contribution in [3.8, 4) is 0 Å². The minimum absolute atomic E-state index is 0.00269. The third kappa shape index (κ3) is 5.95. The number of rotatable bonds is 7. The Hall–Kier alpha value is -3.19. The molecule has 0 unspecified atom stereocenters. The van der Waals surface area contributed by atoms with E-state index in [1.807, 2.05) is 66.7 Å². The van der Waals surface area contributed by atoms with Crippen LogP contribution in [0.2, 0.25) is 0 Å². The van der Waals surface area contributed by atoms with E-state index in [-0.39, 0.29) is 18.6 Å². The first-order chi connectivity index (χ1) is 15.7. The quantitative estimate of drug-likeness (QED) is 0.517. The summed E-state index contributed by atoms with van der Waals surface area (Å²) in [6, 6.07) is 21.2. The molecule has 0 radical (unpaired) electrons. The molecule has 0 aliphatic carbocycles. The second-order valence-corrected chi connectivity index (χ2v) is 8.57. The van der Waals surface area contributed by atoms with Crippen LogP contribution in [0.25, 0.3) is 0 Å². The smallest absolute Gasteiger partial charge is 0.410 e. The molecule has 0 saturated carbocycles. The van der Waals surface area contributed by atoms with E-state index in [0.29, 0.717) is 31.7 Å². The van der Waals surface area contributed by atoms with Crippen molar-refractivity contribution in [2.45, 2.75) is 18.1 Å². The highest BCUT2D eigenvalue weighted by molar-refractivity contribution is 7.97. The second kappa shape index (κ2) is 10.9. The first-order valence-corrected chi connectivity index (χ1v) is 11.8. The van der Waals surface area contributed by atoms with E-state index in [9.17, 15) is 9.59 Å². The highest BCUT2D eigenvalue weighted by Gasteiger charge is 2.25. The molecular formula is C25H26N2O4S. The summed E-state index contributed by atoms with van der Waals surface area (Å²) in [5.74, 6) is 2.65. The number of carbonyl (C=O) groups is 2. The number of amides is 2. The Morgan fingerprint density at radius 1 is 0.812 bits per heavy atom. The lowest BCUT2D eigenvalue weighted by atomic mass is 10.1. The Bertz CT molecular complexity index is 998. The Morgan fingerprint density at radius 2 is 1.53 bits per heavy atom. The predicted octanol–water partition coefficient (Wildman–Crippen LogP) is 4.81. The van der Waals surface area contributed by atoms with E-state index in [2.05, 4.69) is 0 Å². The molecule has 1 aliphatic rings. The van der Waals surface area contributed by atoms with Gasteiger partial charge in [-0.25, -0.2) is 4.79 Å². The molecule has 0 atom stereocenters. The van der Waals surface area contributed by atoms with Crippen molar-refractivity contribution in [3.05, 3.63) is 95.4 Å². The van der Waals surface area contributed by atoms with Gasteiger partial charge in [0.15, 0.2) is 0 Å². The maximum absolute atomic E-state index is 12.8. The molecule has 0 N–H and O–H groups in total. The predicted molar refractivity (Wildman–Crippen MR) is 124 cm³/mol. The summed E-state index contributed by atoms with van der Waals surface area (Å²) in [6.07, 6.45) is 1.35. The molecular weight excluding hydrogens is 424 g/mol. The topological polar surface area (TPSA) is 63.0 Å². The number of benzene rings is 2. The SMILES string of the molecule is O=C(OCc1ccccc1)N1CCN(C(=O)c2ccc(CSCc3ccco3)cc2)CC1. The van der Waals surface area contributed by atoms with Gasteiger partial charge < -0.3 is 19.0 Å². The van der Waals surface area contributed by atoms with Crippen LogP contribution in [0.4, 0.5) is 4.79 Å². The van der Waals surface area contributed by atoms with E-state index in [4.69, 9.17) is 9.15 Å². The monoisotopic (exact) mass is 450 g/mol. The average Bonchev–Trinajstić information content (AvgIpc) is 3.37. The van der Waals surface area contributed by atoms with Crippen LogP contribution in [0.3, 0.4) is 0 Å². The number of hydrogen-bond acceptors (Lipinski definition) is 5. The van der Waals surface area contributed by atoms with E-state index >= 15 is 0 Å². The Balaban J connectivity index is 1.21. The second-order valence-electron chi connectivity index (χ2n) is 7.59. The molecule has 32 heavy (non-hydrogen) atoms. The Morgan fingerprint density at radius 3 is 2.22 bits per heavy atom. The summed E-state index contributed by atoms with van der Waals surface area (Å²) in [7, 11) is 0. The van der Waals surface area contributed by atoms with Gasteiger partial charge in [-0.05, 0) is 35.4 Å². The minimum atomic E-state index is -0.336. The van der Waals surface area contributed by atoms with Crippen molar-refractivity contribution in [2.75, 3.05) is 26.2 Å². The zero-order chi connectivity index (χ0) is 22.2. The molecule has 3 aromatic rings. The van der Waals surface area contributed by atoms with E-state index < -0.39 is 0 Å². The minimum Gasteiger partial charge on any atom is -0.468 e. The van der Waals surface area contributed by atoms with Crippen molar-refractivity contribution in [1.82, 2.24) is 9.80 Å². The van der Waals surface area contributed by atoms with Crippen LogP contribution in [-0.4, -0.2) is 48.0 Å². The summed E-state index contributed by atoms with van der Waals surface area (Å²) in [5, 5.41) is 0. The van der Waals surface area contributed by atoms with E-state index in [0.717, 1.165) is 22.8 Å². The lowest BCUT2D eigenvalue weighted by Crippen LogP contribution is -2.50. The van der Waals surface area contributed by atoms with Crippen LogP contribution >= 0.6 is 11.8 Å². The van der Waals surface area contributed by atoms with Gasteiger partial charge in [0, 0.05) is 37.5 Å². The fourth-order valence-electron chi connectivity index (χ4n) is 3.49. The standard InChI is InChI=1S/C25H26N2O4S/c28-24(22-10-8-21(9-11-22)18-32-19-23-7-4-16-30-23)26-12-14-27(15-13-26)25(29)31-17-20-5-2-1-3-6-20/h1-11,16H,12-15,17-19H2. The fraction of sp³-hybridized carbons (Fsp3) is 0.280. The van der Waals surface area contributed by atoms with Gasteiger partial charge >= 0.3 is 6.09 Å². The molecule has 166 valence electrons. The normalized spacial score (nSPS) is 13.8. The largest absolute Gasteiger partial charge is 0.468 e. The van der Waals surface area contributed by atoms with E-state index in [1.54, 1.807) is 27.8 Å². The number of furan rings is 1. The molecule has 2 heterocycles. The third-order valence-electron chi connectivity index (χ3n) is 5.32. The molecule has 2 aromatic carbocycles. The maximum atomic E-state index is 12.8. The molecule has 1 fully saturated rings. The first kappa shape index (κ1) is 22.0. The van der Waals surface area contributed by atoms with Gasteiger partial charge in [0.2, 0.25) is 0 Å². The molecule has 2 amide bonds. The van der Waals surface area contributed by atoms with Crippen LogP contribution in [-0.2, 0) is 22.8 Å². The van der Waals surface area contributed by atoms with Gasteiger partial charge in [0.25, 0.3) is 5.91 Å². The van der Waals surface area contributed by atoms with Crippen LogP contribution in [0.15, 0.2) is 77.4 Å². The van der Waals surface area contributed by atoms with Crippen LogP contribution < -0.4 is 0 Å². The molecule has 4 rings (SSSR count). The summed E-state index contributed by atoms with van der Waals surface area (Å²) >= 11 is 1.77. The number of nitrogens with zero attached hydrogens (tertiary/aromatic N) is 2. The zero-order valence-corrected chi connectivity index (χ0v) is 18.6. The van der Waals surface area contributed by atoms with Crippen LogP contribution in [0, 0.1) is 0 Å². The molecule has 1 aromatic heterocycles. The summed E-state index contributed by atoms with van der Waals surface area (Å²) in [4.78, 5) is 28.6. The van der Waals surface area contributed by atoms with Crippen LogP contribution in [0.5, 0.6) is 0 Å². The number of piperazine rings is 1. The van der Waals surface area contributed by atoms with Gasteiger partial charge in [0.05, 0.1) is 12.0 Å². The highest BCUT2D eigenvalue weighted by Crippen LogP contribution is 2.19. The number of hydrogen-bond donors (Lipinski definition) is 0. The number of thioether (sulfide) groups is 1. The summed E-state index contributed by atoms with van der Waals surface area (Å²) < 4.78 is 10.7. The van der Waals surface area contributed by atoms with Crippen LogP contribution in [0.1, 0.15) is 27.2 Å². The third-order valence-corrected chi connectivity index (χ3v) is 6.35. The van der Waals surface area contributed by atoms with Crippen molar-refractivity contribution in [1.29, 1.82) is 0 Å². The molecule has 0 spiro atoms. The van der Waals surface area contributed by atoms with Crippen molar-refractivity contribution in [2.24, 2.45) is 0 Å². The lowest BCUT2D eigenvalue weighted by Gasteiger charge is -2.34. The lowest BCUT2D eigenvalue weighted by molar-refractivity contribution is 0.0544. The van der Waals surface area contributed by atoms with Gasteiger partial charge in [-0.2, -0.15) is 0 Å². The summed E-state index contributed by atoms with van der Waals surface area (Å²) in [5.41, 5.74) is 2.80. The Kier molecular flexibility index (Phi) is 7.51. The average molecular weight is 451 g/mol. The fourth-order valence-corrected chi connectivity index (χ4v) is 4.39. The van der Waals surface area contributed by atoms with Gasteiger partial charge in [-0.1, -0.05) is 42.5 Å². The maximum Gasteiger partial charge on any atom is 0.410 e. The van der Waals surface area contributed by atoms with Crippen molar-refractivity contribution >= 4 is 23.8 Å². The van der Waals surface area contributed by atoms with E-state index in [1.165, 1.54) is 5.56 Å². The van der Waals surface area contributed by atoms with Gasteiger partial charge in [0.1, 0.15) is 12.4 Å². The molecule has 1 aliphatic heterocycles. The van der Waals surface area contributed by atoms with Gasteiger partial charge in [-0.15, -0.1) is 11.8 Å². The number of carbonyl (C=O) groups excluding carboxylic acids is 2. The molecule has 7 heteroatoms. The van der Waals surface area contributed by atoms with Gasteiger partial charge in [-0.3, -0.25) is 4.79 Å². The van der Waals surface area contributed by atoms with Crippen molar-refractivity contribution < 1.29 is 18.7 Å². The molecule has 1 saturated heterocycles.